The smallest absolute Gasteiger partial charge is 0.191 e. The average Bonchev–Trinajstić information content (AvgIpc) is 3.17. The predicted octanol–water partition coefficient (Wildman–Crippen LogP) is 1.76. The van der Waals surface area contributed by atoms with Crippen molar-refractivity contribution in [3.05, 3.63) is 12.2 Å². The molecule has 0 bridgehead atoms. The molecule has 2 heterocycles. The summed E-state index contributed by atoms with van der Waals surface area (Å²) in [5, 5.41) is 15.1. The van der Waals surface area contributed by atoms with Crippen LogP contribution in [0.1, 0.15) is 39.4 Å². The van der Waals surface area contributed by atoms with Gasteiger partial charge in [-0.2, -0.15) is 0 Å². The molecule has 1 fully saturated rings. The lowest BCUT2D eigenvalue weighted by Crippen LogP contribution is -2.53. The number of guanidine groups is 1. The van der Waals surface area contributed by atoms with E-state index in [1.807, 2.05) is 7.05 Å². The van der Waals surface area contributed by atoms with Crippen LogP contribution >= 0.6 is 24.0 Å². The van der Waals surface area contributed by atoms with Gasteiger partial charge in [0.15, 0.2) is 5.96 Å². The van der Waals surface area contributed by atoms with Gasteiger partial charge in [0.25, 0.3) is 0 Å². The van der Waals surface area contributed by atoms with Gasteiger partial charge in [-0.25, -0.2) is 0 Å². The van der Waals surface area contributed by atoms with Crippen LogP contribution in [0.2, 0.25) is 0 Å². The first-order valence-corrected chi connectivity index (χ1v) is 10.4. The highest BCUT2D eigenvalue weighted by molar-refractivity contribution is 14.0. The van der Waals surface area contributed by atoms with Gasteiger partial charge in [0.1, 0.15) is 12.2 Å². The molecule has 8 nitrogen and oxygen atoms in total. The first-order chi connectivity index (χ1) is 13.2. The molecule has 1 aromatic rings. The zero-order valence-electron chi connectivity index (χ0n) is 17.9. The van der Waals surface area contributed by atoms with Gasteiger partial charge in [0, 0.05) is 52.2 Å². The highest BCUT2D eigenvalue weighted by Gasteiger charge is 2.26. The topological polar surface area (TPSA) is 79.6 Å². The number of morpholine rings is 1. The van der Waals surface area contributed by atoms with E-state index in [2.05, 4.69) is 56.1 Å². The molecule has 28 heavy (non-hydrogen) atoms. The van der Waals surface area contributed by atoms with Crippen molar-refractivity contribution in [2.75, 3.05) is 46.4 Å². The van der Waals surface area contributed by atoms with E-state index in [0.717, 1.165) is 64.1 Å². The number of aliphatic imine (C=N–C) groups is 1. The largest absolute Gasteiger partial charge is 0.379 e. The molecule has 0 aliphatic carbocycles. The SMILES string of the molecule is CCc1nncn1CCNC(=NC)NCC(C(CC)CC)N1CCOCC1.I. The zero-order valence-corrected chi connectivity index (χ0v) is 20.2. The van der Waals surface area contributed by atoms with Gasteiger partial charge in [-0.3, -0.25) is 9.89 Å². The Balaban J connectivity index is 0.00000392. The fourth-order valence-corrected chi connectivity index (χ4v) is 3.79. The van der Waals surface area contributed by atoms with Gasteiger partial charge >= 0.3 is 0 Å². The van der Waals surface area contributed by atoms with Crippen molar-refractivity contribution in [1.82, 2.24) is 30.3 Å². The molecule has 0 amide bonds. The number of ether oxygens (including phenoxy) is 1. The predicted molar refractivity (Wildman–Crippen MR) is 124 cm³/mol. The Morgan fingerprint density at radius 2 is 1.93 bits per heavy atom. The van der Waals surface area contributed by atoms with Crippen LogP contribution in [0.25, 0.3) is 0 Å². The lowest BCUT2D eigenvalue weighted by atomic mass is 9.92. The van der Waals surface area contributed by atoms with E-state index in [0.29, 0.717) is 12.0 Å². The van der Waals surface area contributed by atoms with E-state index in [9.17, 15) is 0 Å². The van der Waals surface area contributed by atoms with Crippen molar-refractivity contribution in [3.8, 4) is 0 Å². The second-order valence-electron chi connectivity index (χ2n) is 6.97. The molecule has 1 aliphatic heterocycles. The average molecular weight is 507 g/mol. The molecule has 9 heteroatoms. The molecule has 2 rings (SSSR count). The Kier molecular flexibility index (Phi) is 12.6. The molecule has 0 saturated carbocycles. The van der Waals surface area contributed by atoms with Gasteiger partial charge in [-0.1, -0.05) is 33.6 Å². The molecule has 162 valence electrons. The van der Waals surface area contributed by atoms with Crippen LogP contribution in [-0.2, 0) is 17.7 Å². The molecule has 0 radical (unpaired) electrons. The van der Waals surface area contributed by atoms with Crippen LogP contribution < -0.4 is 10.6 Å². The van der Waals surface area contributed by atoms with E-state index in [-0.39, 0.29) is 24.0 Å². The molecule has 0 spiro atoms. The van der Waals surface area contributed by atoms with E-state index in [1.165, 1.54) is 12.8 Å². The van der Waals surface area contributed by atoms with E-state index >= 15 is 0 Å². The van der Waals surface area contributed by atoms with Gasteiger partial charge < -0.3 is 19.9 Å². The highest BCUT2D eigenvalue weighted by Crippen LogP contribution is 2.19. The molecule has 0 aromatic carbocycles. The molecule has 1 unspecified atom stereocenters. The summed E-state index contributed by atoms with van der Waals surface area (Å²) in [5.74, 6) is 2.55. The highest BCUT2D eigenvalue weighted by atomic mass is 127. The number of nitrogens with one attached hydrogen (secondary N) is 2. The van der Waals surface area contributed by atoms with E-state index in [4.69, 9.17) is 4.74 Å². The summed E-state index contributed by atoms with van der Waals surface area (Å²) in [6.45, 7) is 12.9. The maximum Gasteiger partial charge on any atom is 0.191 e. The van der Waals surface area contributed by atoms with Crippen LogP contribution in [0, 0.1) is 5.92 Å². The van der Waals surface area contributed by atoms with Crippen molar-refractivity contribution < 1.29 is 4.74 Å². The first-order valence-electron chi connectivity index (χ1n) is 10.4. The number of hydrogen-bond donors (Lipinski definition) is 2. The van der Waals surface area contributed by atoms with Crippen molar-refractivity contribution in [3.63, 3.8) is 0 Å². The normalized spacial score (nSPS) is 16.7. The fourth-order valence-electron chi connectivity index (χ4n) is 3.79. The van der Waals surface area contributed by atoms with Crippen LogP contribution in [0.3, 0.4) is 0 Å². The number of aryl methyl sites for hydroxylation is 1. The standard InChI is InChI=1S/C19H37N7O.HI/c1-5-16(6-2)17(25-10-12-27-13-11-25)14-22-19(20-4)21-8-9-26-15-23-24-18(26)7-3;/h15-17H,5-14H2,1-4H3,(H2,20,21,22);1H. The minimum Gasteiger partial charge on any atom is -0.379 e. The lowest BCUT2D eigenvalue weighted by Gasteiger charge is -2.39. The quantitative estimate of drug-likeness (QED) is 0.286. The van der Waals surface area contributed by atoms with Crippen LogP contribution in [0.15, 0.2) is 11.3 Å². The Labute approximate surface area is 186 Å². The summed E-state index contributed by atoms with van der Waals surface area (Å²) >= 11 is 0. The minimum absolute atomic E-state index is 0. The Hall–Kier alpha value is -0.940. The summed E-state index contributed by atoms with van der Waals surface area (Å²) in [6, 6.07) is 0.506. The second-order valence-corrected chi connectivity index (χ2v) is 6.97. The monoisotopic (exact) mass is 507 g/mol. The maximum atomic E-state index is 5.54. The molecule has 1 aliphatic rings. The summed E-state index contributed by atoms with van der Waals surface area (Å²) in [4.78, 5) is 6.96. The Morgan fingerprint density at radius 1 is 1.21 bits per heavy atom. The van der Waals surface area contributed by atoms with Crippen molar-refractivity contribution >= 4 is 29.9 Å². The maximum absolute atomic E-state index is 5.54. The van der Waals surface area contributed by atoms with Crippen LogP contribution in [-0.4, -0.2) is 78.1 Å². The molecule has 1 aromatic heterocycles. The van der Waals surface area contributed by atoms with Crippen LogP contribution in [0.5, 0.6) is 0 Å². The Bertz CT molecular complexity index is 556. The summed E-state index contributed by atoms with van der Waals surface area (Å²) in [5.41, 5.74) is 0. The summed E-state index contributed by atoms with van der Waals surface area (Å²) < 4.78 is 7.62. The van der Waals surface area contributed by atoms with Crippen LogP contribution in [0.4, 0.5) is 0 Å². The number of nitrogens with zero attached hydrogens (tertiary/aromatic N) is 5. The Morgan fingerprint density at radius 3 is 2.54 bits per heavy atom. The summed E-state index contributed by atoms with van der Waals surface area (Å²) in [7, 11) is 1.83. The summed E-state index contributed by atoms with van der Waals surface area (Å²) in [6.07, 6.45) is 5.07. The third-order valence-electron chi connectivity index (χ3n) is 5.47. The van der Waals surface area contributed by atoms with Crippen molar-refractivity contribution in [2.45, 2.75) is 52.6 Å². The molecular formula is C19H38IN7O. The number of rotatable bonds is 10. The lowest BCUT2D eigenvalue weighted by molar-refractivity contribution is 0.00272. The molecular weight excluding hydrogens is 469 g/mol. The van der Waals surface area contributed by atoms with E-state index in [1.54, 1.807) is 6.33 Å². The van der Waals surface area contributed by atoms with Gasteiger partial charge in [0.05, 0.1) is 13.2 Å². The van der Waals surface area contributed by atoms with Gasteiger partial charge in [0.2, 0.25) is 0 Å². The first kappa shape index (κ1) is 25.1. The number of hydrogen-bond acceptors (Lipinski definition) is 5. The van der Waals surface area contributed by atoms with Gasteiger partial charge in [-0.15, -0.1) is 34.2 Å². The van der Waals surface area contributed by atoms with E-state index < -0.39 is 0 Å². The second kappa shape index (κ2) is 14.1. The number of aromatic nitrogens is 3. The molecule has 1 atom stereocenters. The van der Waals surface area contributed by atoms with Gasteiger partial charge in [-0.05, 0) is 5.92 Å². The van der Waals surface area contributed by atoms with Crippen molar-refractivity contribution in [1.29, 1.82) is 0 Å². The zero-order chi connectivity index (χ0) is 19.5. The molecule has 2 N–H and O–H groups in total. The van der Waals surface area contributed by atoms with Crippen molar-refractivity contribution in [2.24, 2.45) is 10.9 Å². The number of halogens is 1. The minimum atomic E-state index is 0. The third kappa shape index (κ3) is 7.47. The third-order valence-corrected chi connectivity index (χ3v) is 5.47. The fraction of sp³-hybridized carbons (Fsp3) is 0.842. The molecule has 1 saturated heterocycles.